The zero-order valence-corrected chi connectivity index (χ0v) is 10.6. The number of nitrogens with zero attached hydrogens (tertiary/aromatic N) is 3. The lowest BCUT2D eigenvalue weighted by molar-refractivity contribution is 0.623. The maximum absolute atomic E-state index is 5.73. The number of benzene rings is 1. The van der Waals surface area contributed by atoms with Gasteiger partial charge in [-0.2, -0.15) is 9.97 Å². The molecule has 0 fully saturated rings. The molecule has 3 rings (SSSR count). The van der Waals surface area contributed by atoms with Crippen molar-refractivity contribution >= 4 is 16.9 Å². The van der Waals surface area contributed by atoms with E-state index >= 15 is 0 Å². The van der Waals surface area contributed by atoms with Gasteiger partial charge in [-0.15, -0.1) is 0 Å². The first-order chi connectivity index (χ1) is 9.26. The molecule has 5 heteroatoms. The molecule has 0 aliphatic heterocycles. The number of anilines is 1. The van der Waals surface area contributed by atoms with Gasteiger partial charge in [0.25, 0.3) is 0 Å². The van der Waals surface area contributed by atoms with E-state index in [9.17, 15) is 0 Å². The Morgan fingerprint density at radius 3 is 2.79 bits per heavy atom. The van der Waals surface area contributed by atoms with Gasteiger partial charge in [-0.05, 0) is 18.6 Å². The summed E-state index contributed by atoms with van der Waals surface area (Å²) in [6, 6.07) is 9.71. The summed E-state index contributed by atoms with van der Waals surface area (Å²) in [6.07, 6.45) is 1.74. The third-order valence-electron chi connectivity index (χ3n) is 2.82. The lowest BCUT2D eigenvalue weighted by Gasteiger charge is -2.01. The van der Waals surface area contributed by atoms with Crippen molar-refractivity contribution in [3.05, 3.63) is 36.2 Å². The molecule has 0 aliphatic rings. The zero-order valence-electron chi connectivity index (χ0n) is 10.6. The van der Waals surface area contributed by atoms with Gasteiger partial charge in [-0.25, -0.2) is 4.98 Å². The van der Waals surface area contributed by atoms with Crippen LogP contribution in [0.4, 0.5) is 5.95 Å². The number of rotatable bonds is 3. The van der Waals surface area contributed by atoms with Gasteiger partial charge in [-0.1, -0.05) is 25.1 Å². The summed E-state index contributed by atoms with van der Waals surface area (Å²) in [5.41, 5.74) is 6.53. The van der Waals surface area contributed by atoms with Gasteiger partial charge in [0.05, 0.1) is 0 Å². The molecular weight excluding hydrogens is 240 g/mol. The van der Waals surface area contributed by atoms with Crippen LogP contribution in [-0.4, -0.2) is 15.0 Å². The summed E-state index contributed by atoms with van der Waals surface area (Å²) in [5.74, 6) is 2.04. The first-order valence-corrected chi connectivity index (χ1v) is 6.25. The van der Waals surface area contributed by atoms with Crippen LogP contribution in [0, 0.1) is 0 Å². The molecule has 0 amide bonds. The van der Waals surface area contributed by atoms with E-state index in [-0.39, 0.29) is 5.95 Å². The average molecular weight is 254 g/mol. The topological polar surface area (TPSA) is 77.8 Å². The van der Waals surface area contributed by atoms with E-state index in [1.807, 2.05) is 30.3 Å². The third-order valence-corrected chi connectivity index (χ3v) is 2.82. The molecule has 96 valence electrons. The second-order valence-corrected chi connectivity index (χ2v) is 4.33. The second kappa shape index (κ2) is 4.68. The fourth-order valence-electron chi connectivity index (χ4n) is 1.98. The summed E-state index contributed by atoms with van der Waals surface area (Å²) in [7, 11) is 0. The number of fused-ring (bicyclic) bond motifs is 1. The van der Waals surface area contributed by atoms with Gasteiger partial charge in [0, 0.05) is 11.8 Å². The fraction of sp³-hybridized carbons (Fsp3) is 0.214. The molecule has 0 aliphatic carbocycles. The van der Waals surface area contributed by atoms with Crippen molar-refractivity contribution in [3.63, 3.8) is 0 Å². The molecule has 2 N–H and O–H groups in total. The van der Waals surface area contributed by atoms with Crippen molar-refractivity contribution < 1.29 is 4.42 Å². The van der Waals surface area contributed by atoms with Gasteiger partial charge in [-0.3, -0.25) is 0 Å². The summed E-state index contributed by atoms with van der Waals surface area (Å²) in [6.45, 7) is 2.07. The van der Waals surface area contributed by atoms with Crippen LogP contribution in [0.1, 0.15) is 19.2 Å². The van der Waals surface area contributed by atoms with Gasteiger partial charge >= 0.3 is 0 Å². The molecule has 0 saturated heterocycles. The summed E-state index contributed by atoms with van der Waals surface area (Å²) >= 11 is 0. The number of hydrogen-bond acceptors (Lipinski definition) is 5. The highest BCUT2D eigenvalue weighted by molar-refractivity contribution is 5.81. The van der Waals surface area contributed by atoms with Crippen LogP contribution in [0.3, 0.4) is 0 Å². The molecule has 0 bridgehead atoms. The SMILES string of the molecule is CCCc1nc(N)nc(-c2cc3ccccc3o2)n1. The molecule has 0 saturated carbocycles. The lowest BCUT2D eigenvalue weighted by Crippen LogP contribution is -2.04. The number of aryl methyl sites for hydroxylation is 1. The fourth-order valence-corrected chi connectivity index (χ4v) is 1.98. The number of furan rings is 1. The Kier molecular flexibility index (Phi) is 2.87. The Bertz CT molecular complexity index is 687. The lowest BCUT2D eigenvalue weighted by atomic mass is 10.2. The highest BCUT2D eigenvalue weighted by Crippen LogP contribution is 2.25. The normalized spacial score (nSPS) is 11.0. The summed E-state index contributed by atoms with van der Waals surface area (Å²) in [5, 5.41) is 1.02. The molecule has 0 unspecified atom stereocenters. The Morgan fingerprint density at radius 1 is 1.16 bits per heavy atom. The van der Waals surface area contributed by atoms with Crippen LogP contribution >= 0.6 is 0 Å². The Balaban J connectivity index is 2.09. The summed E-state index contributed by atoms with van der Waals surface area (Å²) in [4.78, 5) is 12.7. The van der Waals surface area contributed by atoms with Crippen molar-refractivity contribution in [2.24, 2.45) is 0 Å². The highest BCUT2D eigenvalue weighted by Gasteiger charge is 2.11. The van der Waals surface area contributed by atoms with E-state index in [0.29, 0.717) is 17.4 Å². The van der Waals surface area contributed by atoms with Crippen LogP contribution < -0.4 is 5.73 Å². The van der Waals surface area contributed by atoms with Crippen molar-refractivity contribution in [3.8, 4) is 11.6 Å². The van der Waals surface area contributed by atoms with Crippen molar-refractivity contribution in [2.75, 3.05) is 5.73 Å². The average Bonchev–Trinajstić information content (AvgIpc) is 2.82. The van der Waals surface area contributed by atoms with Crippen molar-refractivity contribution in [2.45, 2.75) is 19.8 Å². The molecule has 19 heavy (non-hydrogen) atoms. The minimum Gasteiger partial charge on any atom is -0.453 e. The molecule has 2 aromatic heterocycles. The molecular formula is C14H14N4O. The number of para-hydroxylation sites is 1. The molecule has 3 aromatic rings. The molecule has 5 nitrogen and oxygen atoms in total. The van der Waals surface area contributed by atoms with Gasteiger partial charge in [0.1, 0.15) is 11.4 Å². The van der Waals surface area contributed by atoms with E-state index in [4.69, 9.17) is 10.2 Å². The van der Waals surface area contributed by atoms with Gasteiger partial charge < -0.3 is 10.2 Å². The number of nitrogen functional groups attached to an aromatic ring is 1. The summed E-state index contributed by atoms with van der Waals surface area (Å²) < 4.78 is 5.73. The van der Waals surface area contributed by atoms with Crippen LogP contribution in [0.5, 0.6) is 0 Å². The second-order valence-electron chi connectivity index (χ2n) is 4.33. The number of hydrogen-bond donors (Lipinski definition) is 1. The molecule has 0 atom stereocenters. The third kappa shape index (κ3) is 2.27. The van der Waals surface area contributed by atoms with Crippen LogP contribution in [0.2, 0.25) is 0 Å². The quantitative estimate of drug-likeness (QED) is 0.777. The van der Waals surface area contributed by atoms with E-state index in [0.717, 1.165) is 23.8 Å². The minimum absolute atomic E-state index is 0.230. The highest BCUT2D eigenvalue weighted by atomic mass is 16.3. The van der Waals surface area contributed by atoms with Crippen molar-refractivity contribution in [1.82, 2.24) is 15.0 Å². The monoisotopic (exact) mass is 254 g/mol. The standard InChI is InChI=1S/C14H14N4O/c1-2-5-12-16-13(18-14(15)17-12)11-8-9-6-3-4-7-10(9)19-11/h3-4,6-8H,2,5H2,1H3,(H2,15,16,17,18). The first-order valence-electron chi connectivity index (χ1n) is 6.25. The Labute approximate surface area is 110 Å². The maximum atomic E-state index is 5.73. The van der Waals surface area contributed by atoms with E-state index in [1.165, 1.54) is 0 Å². The van der Waals surface area contributed by atoms with Crippen LogP contribution in [0.25, 0.3) is 22.6 Å². The Morgan fingerprint density at radius 2 is 2.00 bits per heavy atom. The van der Waals surface area contributed by atoms with E-state index in [2.05, 4.69) is 21.9 Å². The predicted octanol–water partition coefficient (Wildman–Crippen LogP) is 2.82. The van der Waals surface area contributed by atoms with E-state index < -0.39 is 0 Å². The van der Waals surface area contributed by atoms with E-state index in [1.54, 1.807) is 0 Å². The van der Waals surface area contributed by atoms with Crippen LogP contribution in [0.15, 0.2) is 34.7 Å². The van der Waals surface area contributed by atoms with Crippen LogP contribution in [-0.2, 0) is 6.42 Å². The number of nitrogens with two attached hydrogens (primary N) is 1. The minimum atomic E-state index is 0.230. The maximum Gasteiger partial charge on any atom is 0.223 e. The molecule has 2 heterocycles. The predicted molar refractivity (Wildman–Crippen MR) is 73.4 cm³/mol. The van der Waals surface area contributed by atoms with Gasteiger partial charge in [0.2, 0.25) is 11.8 Å². The number of aromatic nitrogens is 3. The first kappa shape index (κ1) is 11.6. The van der Waals surface area contributed by atoms with Crippen molar-refractivity contribution in [1.29, 1.82) is 0 Å². The smallest absolute Gasteiger partial charge is 0.223 e. The largest absolute Gasteiger partial charge is 0.453 e. The zero-order chi connectivity index (χ0) is 13.2. The molecule has 0 spiro atoms. The molecule has 0 radical (unpaired) electrons. The molecule has 1 aromatic carbocycles. The van der Waals surface area contributed by atoms with Gasteiger partial charge in [0.15, 0.2) is 5.76 Å². The Hall–Kier alpha value is -2.43.